The van der Waals surface area contributed by atoms with Crippen molar-refractivity contribution in [1.82, 2.24) is 25.3 Å². The Morgan fingerprint density at radius 3 is 2.74 bits per heavy atom. The van der Waals surface area contributed by atoms with Crippen molar-refractivity contribution in [3.8, 4) is 0 Å². The van der Waals surface area contributed by atoms with Gasteiger partial charge in [-0.1, -0.05) is 56.9 Å². The van der Waals surface area contributed by atoms with Gasteiger partial charge in [0.15, 0.2) is 0 Å². The molecule has 0 amide bonds. The number of hydrogen-bond acceptors (Lipinski definition) is 9. The van der Waals surface area contributed by atoms with Crippen LogP contribution in [0, 0.1) is 5.92 Å². The highest BCUT2D eigenvalue weighted by Crippen LogP contribution is 2.39. The fourth-order valence-electron chi connectivity index (χ4n) is 4.71. The van der Waals surface area contributed by atoms with Crippen molar-refractivity contribution in [3.05, 3.63) is 120 Å². The van der Waals surface area contributed by atoms with E-state index in [1.165, 1.54) is 6.08 Å². The summed E-state index contributed by atoms with van der Waals surface area (Å²) in [5, 5.41) is 10.5. The highest BCUT2D eigenvalue weighted by atomic mass is 32.2. The highest BCUT2D eigenvalue weighted by molar-refractivity contribution is 8.02. The molecule has 0 spiro atoms. The first kappa shape index (κ1) is 37.2. The van der Waals surface area contributed by atoms with E-state index in [2.05, 4.69) is 52.4 Å². The summed E-state index contributed by atoms with van der Waals surface area (Å²) < 4.78 is 15.2. The highest BCUT2D eigenvalue weighted by Gasteiger charge is 2.36. The molecule has 0 saturated heterocycles. The number of halogens is 1. The van der Waals surface area contributed by atoms with Crippen LogP contribution >= 0.6 is 11.8 Å². The number of carbonyl (C=O) groups is 1. The Morgan fingerprint density at radius 2 is 2.04 bits per heavy atom. The lowest BCUT2D eigenvalue weighted by molar-refractivity contribution is -0.116. The number of allylic oxidation sites excluding steroid dienone is 7. The van der Waals surface area contributed by atoms with Gasteiger partial charge in [0.1, 0.15) is 17.3 Å². The first-order chi connectivity index (χ1) is 22.6. The van der Waals surface area contributed by atoms with E-state index in [9.17, 15) is 4.79 Å². The number of rotatable bonds is 15. The second-order valence-corrected chi connectivity index (χ2v) is 12.6. The molecule has 47 heavy (non-hydrogen) atoms. The Bertz CT molecular complexity index is 1540. The van der Waals surface area contributed by atoms with Crippen molar-refractivity contribution in [2.75, 3.05) is 43.6 Å². The number of ketones is 1. The Balaban J connectivity index is 0.000000584. The molecule has 2 aliphatic rings. The quantitative estimate of drug-likeness (QED) is 0.130. The number of nitrogens with one attached hydrogen (secondary N) is 3. The van der Waals surface area contributed by atoms with Crippen molar-refractivity contribution in [2.45, 2.75) is 40.2 Å². The average Bonchev–Trinajstić information content (AvgIpc) is 3.43. The van der Waals surface area contributed by atoms with Crippen molar-refractivity contribution < 1.29 is 9.18 Å². The predicted molar refractivity (Wildman–Crippen MR) is 198 cm³/mol. The number of anilines is 3. The minimum Gasteiger partial charge on any atom is -0.384 e. The van der Waals surface area contributed by atoms with E-state index in [1.54, 1.807) is 42.0 Å². The number of hydrazine groups is 1. The molecule has 0 aliphatic carbocycles. The Hall–Kier alpha value is -4.25. The topological polar surface area (TPSA) is 85.4 Å². The van der Waals surface area contributed by atoms with E-state index >= 15 is 4.39 Å². The average molecular weight is 658 g/mol. The van der Waals surface area contributed by atoms with Crippen LogP contribution in [0.5, 0.6) is 0 Å². The molecule has 1 atom stereocenters. The third kappa shape index (κ3) is 12.1. The molecule has 4 rings (SSSR count). The minimum absolute atomic E-state index is 0.270. The van der Waals surface area contributed by atoms with Crippen molar-refractivity contribution >= 4 is 40.4 Å². The number of hydrogen-bond donors (Lipinski definition) is 3. The fraction of sp³-hybridized carbons (Fsp3) is 0.324. The van der Waals surface area contributed by atoms with Crippen molar-refractivity contribution in [1.29, 1.82) is 0 Å². The first-order valence-corrected chi connectivity index (χ1v) is 16.8. The molecule has 1 aromatic heterocycles. The van der Waals surface area contributed by atoms with Crippen LogP contribution < -0.4 is 16.1 Å². The zero-order valence-electron chi connectivity index (χ0n) is 28.3. The molecule has 0 radical (unpaired) electrons. The third-order valence-electron chi connectivity index (χ3n) is 6.78. The van der Waals surface area contributed by atoms with Crippen LogP contribution in [0.4, 0.5) is 21.7 Å². The molecular weight excluding hydrogens is 610 g/mol. The number of thioether (sulfide) groups is 1. The van der Waals surface area contributed by atoms with Crippen LogP contribution in [0.2, 0.25) is 0 Å². The van der Waals surface area contributed by atoms with Gasteiger partial charge in [-0.15, -0.1) is 11.8 Å². The SMILES string of the molecule is C/C=C\SCCC(C)=O.C=C/C=C\C(=C/C(C)C)C1NN2C=CC=C(F)C2=C1c1ccnc(Nc2cccc(NCCN(C)C)c2)n1. The van der Waals surface area contributed by atoms with Crippen molar-refractivity contribution in [3.63, 3.8) is 0 Å². The minimum atomic E-state index is -0.321. The van der Waals surface area contributed by atoms with Gasteiger partial charge in [0.05, 0.1) is 11.7 Å². The van der Waals surface area contributed by atoms with E-state index in [0.717, 1.165) is 41.4 Å². The van der Waals surface area contributed by atoms with Crippen LogP contribution in [-0.2, 0) is 4.79 Å². The summed E-state index contributed by atoms with van der Waals surface area (Å²) in [5.41, 5.74) is 8.14. The number of aromatic nitrogens is 2. The summed E-state index contributed by atoms with van der Waals surface area (Å²) in [4.78, 5) is 21.8. The summed E-state index contributed by atoms with van der Waals surface area (Å²) in [6, 6.07) is 9.51. The molecule has 250 valence electrons. The van der Waals surface area contributed by atoms with Gasteiger partial charge in [-0.05, 0) is 81.3 Å². The van der Waals surface area contributed by atoms with Gasteiger partial charge in [-0.2, -0.15) is 0 Å². The number of likely N-dealkylation sites (N-methyl/N-ethyl adjacent to an activating group) is 1. The molecule has 3 N–H and O–H groups in total. The van der Waals surface area contributed by atoms with Gasteiger partial charge in [0, 0.05) is 54.6 Å². The maximum atomic E-state index is 15.2. The number of nitrogens with zero attached hydrogens (tertiary/aromatic N) is 4. The second-order valence-electron chi connectivity index (χ2n) is 11.5. The van der Waals surface area contributed by atoms with Gasteiger partial charge in [0.25, 0.3) is 0 Å². The largest absolute Gasteiger partial charge is 0.384 e. The van der Waals surface area contributed by atoms with Gasteiger partial charge in [-0.3, -0.25) is 9.80 Å². The number of benzene rings is 1. The van der Waals surface area contributed by atoms with Crippen LogP contribution in [0.25, 0.3) is 5.57 Å². The van der Waals surface area contributed by atoms with E-state index in [-0.39, 0.29) is 17.7 Å². The fourth-order valence-corrected chi connectivity index (χ4v) is 5.44. The number of carbonyl (C=O) groups excluding carboxylic acids is 1. The number of Topliss-reactive ketones (excluding diaryl/α,β-unsaturated/α-hetero) is 1. The van der Waals surface area contributed by atoms with Crippen LogP contribution in [0.15, 0.2) is 114 Å². The molecule has 0 bridgehead atoms. The summed E-state index contributed by atoms with van der Waals surface area (Å²) >= 11 is 1.68. The smallest absolute Gasteiger partial charge is 0.227 e. The van der Waals surface area contributed by atoms with Gasteiger partial charge in [-0.25, -0.2) is 19.8 Å². The molecule has 1 unspecified atom stereocenters. The molecule has 3 heterocycles. The molecular formula is C37H48FN7OS. The zero-order valence-corrected chi connectivity index (χ0v) is 29.2. The molecule has 1 aromatic carbocycles. The van der Waals surface area contributed by atoms with Crippen LogP contribution in [-0.4, -0.2) is 64.6 Å². The Kier molecular flexibility index (Phi) is 15.4. The van der Waals surface area contributed by atoms with Gasteiger partial charge >= 0.3 is 0 Å². The predicted octanol–water partition coefficient (Wildman–Crippen LogP) is 8.03. The maximum Gasteiger partial charge on any atom is 0.227 e. The molecule has 10 heteroatoms. The number of fused-ring (bicyclic) bond motifs is 1. The van der Waals surface area contributed by atoms with E-state index in [0.29, 0.717) is 29.7 Å². The van der Waals surface area contributed by atoms with Gasteiger partial charge in [0.2, 0.25) is 5.95 Å². The van der Waals surface area contributed by atoms with E-state index in [1.807, 2.05) is 81.2 Å². The zero-order chi connectivity index (χ0) is 34.2. The standard InChI is InChI=1S/C30H36FN7.C7H12OS/c1-6-7-10-22(19-21(2)3)28-27(29-25(31)13-9-17-38(29)36-28)26-14-15-33-30(35-26)34-24-12-8-11-23(20-24)32-16-18-37(4)5;1-3-5-9-6-4-7(2)8/h6-15,17,19-21,28,32,36H,1,16,18H2,2-5H3,(H,33,34,35);3,5H,4,6H2,1-2H3/b10-7-,22-19+;5-3-. The molecule has 0 saturated carbocycles. The molecule has 8 nitrogen and oxygen atoms in total. The third-order valence-corrected chi connectivity index (χ3v) is 7.69. The lowest BCUT2D eigenvalue weighted by Gasteiger charge is -2.21. The van der Waals surface area contributed by atoms with Crippen molar-refractivity contribution in [2.24, 2.45) is 5.92 Å². The molecule has 0 fully saturated rings. The summed E-state index contributed by atoms with van der Waals surface area (Å²) in [5.74, 6) is 1.60. The lowest BCUT2D eigenvalue weighted by atomic mass is 9.92. The van der Waals surface area contributed by atoms with Crippen LogP contribution in [0.3, 0.4) is 0 Å². The van der Waals surface area contributed by atoms with Crippen LogP contribution in [0.1, 0.15) is 39.8 Å². The summed E-state index contributed by atoms with van der Waals surface area (Å²) in [7, 11) is 4.10. The Morgan fingerprint density at radius 1 is 1.26 bits per heavy atom. The molecule has 2 aromatic rings. The molecule has 2 aliphatic heterocycles. The van der Waals surface area contributed by atoms with E-state index < -0.39 is 0 Å². The second kappa shape index (κ2) is 19.4. The summed E-state index contributed by atoms with van der Waals surface area (Å²) in [6.45, 7) is 13.4. The Labute approximate surface area is 284 Å². The maximum absolute atomic E-state index is 15.2. The van der Waals surface area contributed by atoms with E-state index in [4.69, 9.17) is 4.98 Å². The lowest BCUT2D eigenvalue weighted by Crippen LogP contribution is -2.35. The summed E-state index contributed by atoms with van der Waals surface area (Å²) in [6.07, 6.45) is 17.1. The van der Waals surface area contributed by atoms with Gasteiger partial charge < -0.3 is 15.5 Å². The first-order valence-electron chi connectivity index (χ1n) is 15.8. The normalized spacial score (nSPS) is 16.1. The monoisotopic (exact) mass is 657 g/mol.